The number of amides is 1. The van der Waals surface area contributed by atoms with E-state index < -0.39 is 5.60 Å². The Morgan fingerprint density at radius 1 is 1.17 bits per heavy atom. The molecular weight excluding hydrogens is 288 g/mol. The van der Waals surface area contributed by atoms with E-state index in [0.717, 1.165) is 38.6 Å². The average molecular weight is 318 g/mol. The Bertz CT molecular complexity index is 482. The van der Waals surface area contributed by atoms with Gasteiger partial charge in [0.05, 0.1) is 0 Å². The van der Waals surface area contributed by atoms with Crippen molar-refractivity contribution in [3.05, 3.63) is 35.9 Å². The minimum atomic E-state index is -0.443. The third-order valence-corrected chi connectivity index (χ3v) is 4.11. The number of nitrogens with one attached hydrogen (secondary N) is 2. The number of alkyl carbamates (subject to hydrolysis) is 1. The van der Waals surface area contributed by atoms with Gasteiger partial charge in [-0.05, 0) is 65.0 Å². The lowest BCUT2D eigenvalue weighted by Gasteiger charge is -2.25. The maximum Gasteiger partial charge on any atom is 0.407 e. The van der Waals surface area contributed by atoms with E-state index in [1.54, 1.807) is 0 Å². The molecule has 0 radical (unpaired) electrons. The van der Waals surface area contributed by atoms with Gasteiger partial charge in [-0.25, -0.2) is 4.79 Å². The van der Waals surface area contributed by atoms with Crippen molar-refractivity contribution in [3.8, 4) is 0 Å². The Balaban J connectivity index is 1.69. The van der Waals surface area contributed by atoms with Crippen LogP contribution in [0.25, 0.3) is 0 Å². The second-order valence-electron chi connectivity index (χ2n) is 7.33. The second-order valence-corrected chi connectivity index (χ2v) is 7.33. The van der Waals surface area contributed by atoms with E-state index in [1.165, 1.54) is 5.56 Å². The number of aryl methyl sites for hydroxylation is 1. The smallest absolute Gasteiger partial charge is 0.407 e. The summed E-state index contributed by atoms with van der Waals surface area (Å²) in [5.41, 5.74) is 0.936. The first-order valence-electron chi connectivity index (χ1n) is 8.71. The molecule has 0 spiro atoms. The number of carbonyl (C=O) groups excluding carboxylic acids is 1. The van der Waals surface area contributed by atoms with E-state index >= 15 is 0 Å². The van der Waals surface area contributed by atoms with Crippen LogP contribution in [0.5, 0.6) is 0 Å². The van der Waals surface area contributed by atoms with Crippen molar-refractivity contribution >= 4 is 6.09 Å². The van der Waals surface area contributed by atoms with Gasteiger partial charge in [0, 0.05) is 12.1 Å². The number of carbonyl (C=O) groups is 1. The summed E-state index contributed by atoms with van der Waals surface area (Å²) < 4.78 is 5.35. The molecule has 0 heterocycles. The normalized spacial score (nSPS) is 21.2. The standard InChI is InChI=1S/C19H30N2O2/c1-19(2,3)23-18(22)21-17-13-7-12-16(17)20-14-8-11-15-9-5-4-6-10-15/h4-6,9-10,16-17,20H,7-8,11-14H2,1-3H3,(H,21,22). The maximum atomic E-state index is 11.9. The summed E-state index contributed by atoms with van der Waals surface area (Å²) in [6, 6.07) is 11.1. The molecule has 1 fully saturated rings. The topological polar surface area (TPSA) is 50.4 Å². The van der Waals surface area contributed by atoms with Gasteiger partial charge in [0.1, 0.15) is 5.60 Å². The first-order valence-corrected chi connectivity index (χ1v) is 8.71. The van der Waals surface area contributed by atoms with Gasteiger partial charge >= 0.3 is 6.09 Å². The Kier molecular flexibility index (Phi) is 6.46. The highest BCUT2D eigenvalue weighted by Gasteiger charge is 2.29. The molecular formula is C19H30N2O2. The lowest BCUT2D eigenvalue weighted by atomic mass is 10.1. The first-order chi connectivity index (χ1) is 10.9. The largest absolute Gasteiger partial charge is 0.444 e. The molecule has 2 N–H and O–H groups in total. The van der Waals surface area contributed by atoms with Gasteiger partial charge in [-0.2, -0.15) is 0 Å². The van der Waals surface area contributed by atoms with Crippen LogP contribution >= 0.6 is 0 Å². The number of benzene rings is 1. The average Bonchev–Trinajstić information content (AvgIpc) is 2.90. The molecule has 4 nitrogen and oxygen atoms in total. The van der Waals surface area contributed by atoms with Crippen LogP contribution < -0.4 is 10.6 Å². The first kappa shape index (κ1) is 17.8. The van der Waals surface area contributed by atoms with Crippen molar-refractivity contribution in [1.82, 2.24) is 10.6 Å². The second kappa shape index (κ2) is 8.34. The fourth-order valence-corrected chi connectivity index (χ4v) is 3.06. The summed E-state index contributed by atoms with van der Waals surface area (Å²) in [6.45, 7) is 6.65. The van der Waals surface area contributed by atoms with Gasteiger partial charge in [0.2, 0.25) is 0 Å². The van der Waals surface area contributed by atoms with Gasteiger partial charge in [-0.3, -0.25) is 0 Å². The molecule has 1 aliphatic rings. The molecule has 1 saturated carbocycles. The van der Waals surface area contributed by atoms with Crippen LogP contribution in [-0.4, -0.2) is 30.3 Å². The Hall–Kier alpha value is -1.55. The number of rotatable bonds is 6. The minimum absolute atomic E-state index is 0.182. The van der Waals surface area contributed by atoms with Crippen molar-refractivity contribution in [2.75, 3.05) is 6.54 Å². The van der Waals surface area contributed by atoms with Crippen molar-refractivity contribution < 1.29 is 9.53 Å². The lowest BCUT2D eigenvalue weighted by molar-refractivity contribution is 0.0498. The fraction of sp³-hybridized carbons (Fsp3) is 0.632. The molecule has 1 amide bonds. The molecule has 2 unspecified atom stereocenters. The summed E-state index contributed by atoms with van der Waals surface area (Å²) in [6.07, 6.45) is 5.18. The quantitative estimate of drug-likeness (QED) is 0.787. The van der Waals surface area contributed by atoms with Gasteiger partial charge < -0.3 is 15.4 Å². The molecule has 1 aliphatic carbocycles. The third-order valence-electron chi connectivity index (χ3n) is 4.11. The zero-order chi connectivity index (χ0) is 16.7. The fourth-order valence-electron chi connectivity index (χ4n) is 3.06. The van der Waals surface area contributed by atoms with Crippen LogP contribution in [0.1, 0.15) is 52.0 Å². The predicted octanol–water partition coefficient (Wildman–Crippen LogP) is 3.65. The molecule has 0 aliphatic heterocycles. The summed E-state index contributed by atoms with van der Waals surface area (Å²) in [5.74, 6) is 0. The monoisotopic (exact) mass is 318 g/mol. The molecule has 4 heteroatoms. The Morgan fingerprint density at radius 2 is 1.87 bits per heavy atom. The van der Waals surface area contributed by atoms with Crippen LogP contribution in [0.3, 0.4) is 0 Å². The number of hydrogen-bond donors (Lipinski definition) is 2. The van der Waals surface area contributed by atoms with Gasteiger partial charge in [-0.1, -0.05) is 30.3 Å². The Morgan fingerprint density at radius 3 is 2.57 bits per heavy atom. The van der Waals surface area contributed by atoms with Crippen LogP contribution in [0.2, 0.25) is 0 Å². The lowest BCUT2D eigenvalue weighted by Crippen LogP contribution is -2.48. The van der Waals surface area contributed by atoms with E-state index in [2.05, 4.69) is 34.9 Å². The van der Waals surface area contributed by atoms with E-state index in [-0.39, 0.29) is 12.1 Å². The van der Waals surface area contributed by atoms with Crippen LogP contribution in [0.15, 0.2) is 30.3 Å². The zero-order valence-electron chi connectivity index (χ0n) is 14.6. The Labute approximate surface area is 140 Å². The summed E-state index contributed by atoms with van der Waals surface area (Å²) >= 11 is 0. The number of hydrogen-bond acceptors (Lipinski definition) is 3. The molecule has 2 atom stereocenters. The minimum Gasteiger partial charge on any atom is -0.444 e. The molecule has 23 heavy (non-hydrogen) atoms. The third kappa shape index (κ3) is 6.61. The van der Waals surface area contributed by atoms with E-state index in [1.807, 2.05) is 26.8 Å². The van der Waals surface area contributed by atoms with Gasteiger partial charge in [-0.15, -0.1) is 0 Å². The molecule has 0 saturated heterocycles. The highest BCUT2D eigenvalue weighted by atomic mass is 16.6. The van der Waals surface area contributed by atoms with Gasteiger partial charge in [0.15, 0.2) is 0 Å². The zero-order valence-corrected chi connectivity index (χ0v) is 14.6. The van der Waals surface area contributed by atoms with E-state index in [4.69, 9.17) is 4.74 Å². The molecule has 0 bridgehead atoms. The number of ether oxygens (including phenoxy) is 1. The summed E-state index contributed by atoms with van der Waals surface area (Å²) in [7, 11) is 0. The van der Waals surface area contributed by atoms with Crippen LogP contribution in [0.4, 0.5) is 4.79 Å². The van der Waals surface area contributed by atoms with Crippen molar-refractivity contribution in [2.24, 2.45) is 0 Å². The highest BCUT2D eigenvalue weighted by Crippen LogP contribution is 2.20. The van der Waals surface area contributed by atoms with Crippen molar-refractivity contribution in [1.29, 1.82) is 0 Å². The van der Waals surface area contributed by atoms with Crippen LogP contribution in [0, 0.1) is 0 Å². The predicted molar refractivity (Wildman–Crippen MR) is 93.6 cm³/mol. The van der Waals surface area contributed by atoms with E-state index in [0.29, 0.717) is 6.04 Å². The van der Waals surface area contributed by atoms with Crippen molar-refractivity contribution in [3.63, 3.8) is 0 Å². The highest BCUT2D eigenvalue weighted by molar-refractivity contribution is 5.68. The summed E-state index contributed by atoms with van der Waals surface area (Å²) in [4.78, 5) is 11.9. The van der Waals surface area contributed by atoms with Crippen LogP contribution in [-0.2, 0) is 11.2 Å². The van der Waals surface area contributed by atoms with Gasteiger partial charge in [0.25, 0.3) is 0 Å². The van der Waals surface area contributed by atoms with Crippen molar-refractivity contribution in [2.45, 2.75) is 70.6 Å². The molecule has 1 aromatic rings. The summed E-state index contributed by atoms with van der Waals surface area (Å²) in [5, 5.41) is 6.62. The maximum absolute atomic E-state index is 11.9. The molecule has 128 valence electrons. The molecule has 1 aromatic carbocycles. The van der Waals surface area contributed by atoms with E-state index in [9.17, 15) is 4.79 Å². The molecule has 2 rings (SSSR count). The SMILES string of the molecule is CC(C)(C)OC(=O)NC1CCCC1NCCCc1ccccc1. The molecule has 0 aromatic heterocycles.